The third-order valence-electron chi connectivity index (χ3n) is 3.81. The highest BCUT2D eigenvalue weighted by atomic mass is 35.5. The highest BCUT2D eigenvalue weighted by Crippen LogP contribution is 2.32. The number of fused-ring (bicyclic) bond motifs is 1. The summed E-state index contributed by atoms with van der Waals surface area (Å²) >= 11 is 5.73. The van der Waals surface area contributed by atoms with Crippen LogP contribution in [0.15, 0.2) is 54.6 Å². The summed E-state index contributed by atoms with van der Waals surface area (Å²) in [6.45, 7) is 0. The number of rotatable bonds is 2. The van der Waals surface area contributed by atoms with E-state index in [1.54, 1.807) is 30.3 Å². The second-order valence-corrected chi connectivity index (χ2v) is 5.72. The number of pyridine rings is 1. The van der Waals surface area contributed by atoms with Gasteiger partial charge in [0, 0.05) is 16.5 Å². The van der Waals surface area contributed by atoms with Crippen molar-refractivity contribution in [1.82, 2.24) is 15.2 Å². The molecule has 2 aromatic carbocycles. The molecular formula is C18H11ClFN3O. The lowest BCUT2D eigenvalue weighted by molar-refractivity contribution is 0.477. The molecule has 0 spiro atoms. The van der Waals surface area contributed by atoms with Crippen LogP contribution in [0.25, 0.3) is 33.5 Å². The lowest BCUT2D eigenvalue weighted by Gasteiger charge is -2.04. The van der Waals surface area contributed by atoms with Crippen LogP contribution in [0, 0.1) is 5.82 Å². The molecule has 0 bridgehead atoms. The summed E-state index contributed by atoms with van der Waals surface area (Å²) in [5.74, 6) is -0.337. The monoisotopic (exact) mass is 339 g/mol. The van der Waals surface area contributed by atoms with Crippen molar-refractivity contribution >= 4 is 22.6 Å². The highest BCUT2D eigenvalue weighted by molar-refractivity contribution is 6.30. The first-order valence-corrected chi connectivity index (χ1v) is 7.60. The van der Waals surface area contributed by atoms with Crippen molar-refractivity contribution < 1.29 is 9.50 Å². The number of H-pyrrole nitrogens is 1. The van der Waals surface area contributed by atoms with Crippen molar-refractivity contribution in [3.63, 3.8) is 0 Å². The smallest absolute Gasteiger partial charge is 0.182 e. The molecule has 0 aliphatic rings. The fraction of sp³-hybridized carbons (Fsp3) is 0. The van der Waals surface area contributed by atoms with Gasteiger partial charge in [-0.15, -0.1) is 0 Å². The van der Waals surface area contributed by atoms with Gasteiger partial charge in [0.2, 0.25) is 0 Å². The summed E-state index contributed by atoms with van der Waals surface area (Å²) in [6, 6.07) is 15.2. The molecule has 0 aliphatic carbocycles. The molecule has 6 heteroatoms. The number of halogens is 2. The largest absolute Gasteiger partial charge is 0.507 e. The number of aromatic amines is 1. The van der Waals surface area contributed by atoms with E-state index in [9.17, 15) is 9.50 Å². The van der Waals surface area contributed by atoms with Crippen LogP contribution in [0.4, 0.5) is 4.39 Å². The summed E-state index contributed by atoms with van der Waals surface area (Å²) in [6.07, 6.45) is 0. The van der Waals surface area contributed by atoms with E-state index in [2.05, 4.69) is 15.2 Å². The van der Waals surface area contributed by atoms with Crippen LogP contribution in [0.5, 0.6) is 5.75 Å². The van der Waals surface area contributed by atoms with Crippen LogP contribution in [0.3, 0.4) is 0 Å². The standard InChI is InChI=1S/C18H11ClFN3O/c19-13-7-5-10(9-14(13)20)17-12-6-8-15(21-18(12)23-22-17)11-3-1-2-4-16(11)24/h1-9,24H,(H,21,22,23). The predicted molar refractivity (Wildman–Crippen MR) is 91.4 cm³/mol. The van der Waals surface area contributed by atoms with Crippen LogP contribution in [-0.2, 0) is 0 Å². The second kappa shape index (κ2) is 5.62. The Bertz CT molecular complexity index is 1060. The number of phenols is 1. The van der Waals surface area contributed by atoms with Gasteiger partial charge in [0.05, 0.1) is 16.4 Å². The molecule has 2 heterocycles. The Morgan fingerprint density at radius 1 is 1.04 bits per heavy atom. The summed E-state index contributed by atoms with van der Waals surface area (Å²) in [7, 11) is 0. The van der Waals surface area contributed by atoms with Gasteiger partial charge in [-0.2, -0.15) is 5.10 Å². The first kappa shape index (κ1) is 14.7. The topological polar surface area (TPSA) is 61.8 Å². The van der Waals surface area contributed by atoms with Crippen molar-refractivity contribution in [2.45, 2.75) is 0 Å². The number of hydrogen-bond acceptors (Lipinski definition) is 3. The van der Waals surface area contributed by atoms with Crippen molar-refractivity contribution in [1.29, 1.82) is 0 Å². The molecule has 2 N–H and O–H groups in total. The summed E-state index contributed by atoms with van der Waals surface area (Å²) in [5.41, 5.74) is 3.02. The number of benzene rings is 2. The number of phenolic OH excluding ortho intramolecular Hbond substituents is 1. The van der Waals surface area contributed by atoms with Gasteiger partial charge in [-0.3, -0.25) is 5.10 Å². The highest BCUT2D eigenvalue weighted by Gasteiger charge is 2.13. The van der Waals surface area contributed by atoms with Gasteiger partial charge < -0.3 is 5.11 Å². The molecular weight excluding hydrogens is 329 g/mol. The maximum absolute atomic E-state index is 13.7. The van der Waals surface area contributed by atoms with Gasteiger partial charge in [0.15, 0.2) is 5.65 Å². The minimum Gasteiger partial charge on any atom is -0.507 e. The zero-order chi connectivity index (χ0) is 16.7. The molecule has 0 amide bonds. The number of para-hydroxylation sites is 1. The summed E-state index contributed by atoms with van der Waals surface area (Å²) in [4.78, 5) is 4.47. The Morgan fingerprint density at radius 2 is 1.88 bits per heavy atom. The van der Waals surface area contributed by atoms with Crippen LogP contribution < -0.4 is 0 Å². The molecule has 0 fully saturated rings. The average Bonchev–Trinajstić information content (AvgIpc) is 3.01. The van der Waals surface area contributed by atoms with Gasteiger partial charge in [-0.05, 0) is 36.4 Å². The zero-order valence-electron chi connectivity index (χ0n) is 12.3. The SMILES string of the molecule is Oc1ccccc1-c1ccc2c(-c3ccc(Cl)c(F)c3)[nH]nc2n1. The average molecular weight is 340 g/mol. The minimum atomic E-state index is -0.490. The Kier molecular flexibility index (Phi) is 3.43. The Morgan fingerprint density at radius 3 is 2.67 bits per heavy atom. The van der Waals surface area contributed by atoms with Crippen LogP contribution in [0.1, 0.15) is 0 Å². The molecule has 0 unspecified atom stereocenters. The molecule has 2 aromatic heterocycles. The third kappa shape index (κ3) is 2.39. The maximum Gasteiger partial charge on any atom is 0.182 e. The molecule has 4 rings (SSSR count). The number of aromatic hydroxyl groups is 1. The predicted octanol–water partition coefficient (Wildman–Crippen LogP) is 4.79. The Hall–Kier alpha value is -2.92. The van der Waals surface area contributed by atoms with Crippen molar-refractivity contribution in [2.75, 3.05) is 0 Å². The fourth-order valence-electron chi connectivity index (χ4n) is 2.61. The zero-order valence-corrected chi connectivity index (χ0v) is 13.0. The lowest BCUT2D eigenvalue weighted by Crippen LogP contribution is -1.85. The van der Waals surface area contributed by atoms with Gasteiger partial charge >= 0.3 is 0 Å². The molecule has 4 aromatic rings. The van der Waals surface area contributed by atoms with Gasteiger partial charge in [0.25, 0.3) is 0 Å². The molecule has 118 valence electrons. The molecule has 0 atom stereocenters. The number of nitrogens with zero attached hydrogens (tertiary/aromatic N) is 2. The van der Waals surface area contributed by atoms with E-state index in [4.69, 9.17) is 11.6 Å². The van der Waals surface area contributed by atoms with E-state index in [0.29, 0.717) is 28.2 Å². The Labute approximate surface area is 141 Å². The van der Waals surface area contributed by atoms with Crippen molar-refractivity contribution in [2.24, 2.45) is 0 Å². The molecule has 4 nitrogen and oxygen atoms in total. The number of hydrogen-bond donors (Lipinski definition) is 2. The van der Waals surface area contributed by atoms with Crippen LogP contribution in [-0.4, -0.2) is 20.3 Å². The van der Waals surface area contributed by atoms with Crippen molar-refractivity contribution in [3.05, 3.63) is 65.4 Å². The number of nitrogens with one attached hydrogen (secondary N) is 1. The lowest BCUT2D eigenvalue weighted by atomic mass is 10.1. The first-order chi connectivity index (χ1) is 11.6. The van der Waals surface area contributed by atoms with Crippen LogP contribution >= 0.6 is 11.6 Å². The molecule has 0 saturated carbocycles. The quantitative estimate of drug-likeness (QED) is 0.552. The Balaban J connectivity index is 1.84. The van der Waals surface area contributed by atoms with Crippen LogP contribution in [0.2, 0.25) is 5.02 Å². The van der Waals surface area contributed by atoms with Gasteiger partial charge in [-0.1, -0.05) is 29.8 Å². The minimum absolute atomic E-state index is 0.0718. The normalized spacial score (nSPS) is 11.1. The molecule has 24 heavy (non-hydrogen) atoms. The van der Waals surface area contributed by atoms with E-state index >= 15 is 0 Å². The van der Waals surface area contributed by atoms with Crippen molar-refractivity contribution in [3.8, 4) is 28.3 Å². The fourth-order valence-corrected chi connectivity index (χ4v) is 2.73. The first-order valence-electron chi connectivity index (χ1n) is 7.22. The van der Waals surface area contributed by atoms with E-state index in [0.717, 1.165) is 5.39 Å². The van der Waals surface area contributed by atoms with Gasteiger partial charge in [0.1, 0.15) is 11.6 Å². The van der Waals surface area contributed by atoms with Gasteiger partial charge in [-0.25, -0.2) is 9.37 Å². The van der Waals surface area contributed by atoms with E-state index in [-0.39, 0.29) is 10.8 Å². The second-order valence-electron chi connectivity index (χ2n) is 5.31. The number of aromatic nitrogens is 3. The maximum atomic E-state index is 13.7. The summed E-state index contributed by atoms with van der Waals surface area (Å²) < 4.78 is 13.7. The van der Waals surface area contributed by atoms with E-state index < -0.39 is 5.82 Å². The van der Waals surface area contributed by atoms with E-state index in [1.165, 1.54) is 12.1 Å². The third-order valence-corrected chi connectivity index (χ3v) is 4.11. The summed E-state index contributed by atoms with van der Waals surface area (Å²) in [5, 5.41) is 17.9. The molecule has 0 saturated heterocycles. The van der Waals surface area contributed by atoms with E-state index in [1.807, 2.05) is 12.1 Å². The molecule has 0 radical (unpaired) electrons. The molecule has 0 aliphatic heterocycles.